The lowest BCUT2D eigenvalue weighted by Gasteiger charge is -2.20. The monoisotopic (exact) mass is 338 g/mol. The highest BCUT2D eigenvalue weighted by Crippen LogP contribution is 2.36. The summed E-state index contributed by atoms with van der Waals surface area (Å²) in [5.41, 5.74) is 2.64. The molecule has 3 atom stereocenters. The summed E-state index contributed by atoms with van der Waals surface area (Å²) in [6.07, 6.45) is 5.39. The molecule has 0 radical (unpaired) electrons. The summed E-state index contributed by atoms with van der Waals surface area (Å²) in [6, 6.07) is 13.1. The predicted molar refractivity (Wildman–Crippen MR) is 101 cm³/mol. The molecule has 3 aromatic rings. The Morgan fingerprint density at radius 1 is 1.21 bits per heavy atom. The summed E-state index contributed by atoms with van der Waals surface area (Å²) in [6.45, 7) is 2.27. The van der Waals surface area contributed by atoms with Crippen molar-refractivity contribution in [1.29, 1.82) is 0 Å². The summed E-state index contributed by atoms with van der Waals surface area (Å²) >= 11 is 1.83. The summed E-state index contributed by atoms with van der Waals surface area (Å²) in [4.78, 5) is 14.0. The molecule has 1 aliphatic carbocycles. The molecule has 0 saturated heterocycles. The zero-order valence-corrected chi connectivity index (χ0v) is 14.6. The number of hydrogen-bond acceptors (Lipinski definition) is 3. The Morgan fingerprint density at radius 2 is 2.08 bits per heavy atom. The van der Waals surface area contributed by atoms with Crippen LogP contribution in [-0.2, 0) is 0 Å². The van der Waals surface area contributed by atoms with Crippen molar-refractivity contribution in [2.45, 2.75) is 44.2 Å². The third-order valence-corrected chi connectivity index (χ3v) is 6.16. The fourth-order valence-corrected chi connectivity index (χ4v) is 4.94. The van der Waals surface area contributed by atoms with Crippen LogP contribution in [0.25, 0.3) is 10.1 Å². The molecule has 1 saturated carbocycles. The first-order valence-electron chi connectivity index (χ1n) is 8.61. The third-order valence-electron chi connectivity index (χ3n) is 5.18. The van der Waals surface area contributed by atoms with E-state index in [-0.39, 0.29) is 5.56 Å². The van der Waals surface area contributed by atoms with Gasteiger partial charge in [0, 0.05) is 29.0 Å². The van der Waals surface area contributed by atoms with Crippen molar-refractivity contribution in [2.24, 2.45) is 0 Å². The van der Waals surface area contributed by atoms with Crippen LogP contribution < -0.4 is 10.9 Å². The molecule has 2 aromatic heterocycles. The summed E-state index contributed by atoms with van der Waals surface area (Å²) in [5, 5.41) is 7.48. The van der Waals surface area contributed by atoms with Crippen LogP contribution in [0.15, 0.2) is 52.8 Å². The van der Waals surface area contributed by atoms with E-state index in [2.05, 4.69) is 46.9 Å². The van der Waals surface area contributed by atoms with Gasteiger partial charge in [-0.3, -0.25) is 4.79 Å². The first-order valence-corrected chi connectivity index (χ1v) is 9.49. The molecular formula is C20H22N2OS. The maximum Gasteiger partial charge on any atom is 0.247 e. The standard InChI is InChI=1S/C20H22N2OS/c1-13(18-12-24-19-5-3-2-4-17(18)19)22-16-8-6-14(10-16)15-7-9-20(23)21-11-15/h2-5,7,9,11-14,16,22H,6,8,10H2,1H3,(H,21,23). The molecule has 4 rings (SSSR count). The average Bonchev–Trinajstić information content (AvgIpc) is 3.22. The predicted octanol–water partition coefficient (Wildman–Crippen LogP) is 4.58. The van der Waals surface area contributed by atoms with Crippen LogP contribution in [0, 0.1) is 0 Å². The topological polar surface area (TPSA) is 44.9 Å². The van der Waals surface area contributed by atoms with Gasteiger partial charge in [-0.05, 0) is 60.1 Å². The van der Waals surface area contributed by atoms with Gasteiger partial charge in [0.2, 0.25) is 5.56 Å². The van der Waals surface area contributed by atoms with Crippen LogP contribution in [-0.4, -0.2) is 11.0 Å². The molecule has 2 heterocycles. The number of hydrogen-bond donors (Lipinski definition) is 2. The Hall–Kier alpha value is -1.91. The highest BCUT2D eigenvalue weighted by atomic mass is 32.1. The van der Waals surface area contributed by atoms with Gasteiger partial charge in [-0.2, -0.15) is 0 Å². The number of fused-ring (bicyclic) bond motifs is 1. The van der Waals surface area contributed by atoms with E-state index in [9.17, 15) is 4.79 Å². The quantitative estimate of drug-likeness (QED) is 0.731. The van der Waals surface area contributed by atoms with Gasteiger partial charge in [0.05, 0.1) is 0 Å². The molecule has 0 bridgehead atoms. The molecule has 1 aromatic carbocycles. The Bertz CT molecular complexity index is 877. The third kappa shape index (κ3) is 3.04. The van der Waals surface area contributed by atoms with Crippen molar-refractivity contribution in [3.05, 3.63) is 69.5 Å². The molecule has 0 amide bonds. The van der Waals surface area contributed by atoms with E-state index in [0.717, 1.165) is 6.42 Å². The minimum Gasteiger partial charge on any atom is -0.329 e. The van der Waals surface area contributed by atoms with E-state index in [1.54, 1.807) is 6.07 Å². The van der Waals surface area contributed by atoms with E-state index >= 15 is 0 Å². The number of pyridine rings is 1. The summed E-state index contributed by atoms with van der Waals surface area (Å²) in [7, 11) is 0. The van der Waals surface area contributed by atoms with Gasteiger partial charge < -0.3 is 10.3 Å². The van der Waals surface area contributed by atoms with Gasteiger partial charge in [0.25, 0.3) is 0 Å². The normalized spacial score (nSPS) is 22.0. The molecule has 1 fully saturated rings. The second-order valence-electron chi connectivity index (χ2n) is 6.77. The van der Waals surface area contributed by atoms with Crippen LogP contribution in [0.3, 0.4) is 0 Å². The maximum atomic E-state index is 11.2. The lowest BCUT2D eigenvalue weighted by molar-refractivity contribution is 0.459. The minimum atomic E-state index is -0.0237. The molecular weight excluding hydrogens is 316 g/mol. The van der Waals surface area contributed by atoms with Crippen molar-refractivity contribution < 1.29 is 0 Å². The highest BCUT2D eigenvalue weighted by Gasteiger charge is 2.27. The lowest BCUT2D eigenvalue weighted by atomic mass is 9.99. The van der Waals surface area contributed by atoms with Crippen molar-refractivity contribution in [1.82, 2.24) is 10.3 Å². The fraction of sp³-hybridized carbons (Fsp3) is 0.350. The number of aromatic amines is 1. The highest BCUT2D eigenvalue weighted by molar-refractivity contribution is 7.17. The molecule has 4 heteroatoms. The van der Waals surface area contributed by atoms with Gasteiger partial charge in [0.1, 0.15) is 0 Å². The van der Waals surface area contributed by atoms with Gasteiger partial charge in [-0.25, -0.2) is 0 Å². The Labute approximate surface area is 145 Å². The molecule has 24 heavy (non-hydrogen) atoms. The first-order chi connectivity index (χ1) is 11.7. The van der Waals surface area contributed by atoms with Crippen molar-refractivity contribution in [3.63, 3.8) is 0 Å². The largest absolute Gasteiger partial charge is 0.329 e. The molecule has 0 spiro atoms. The SMILES string of the molecule is CC(NC1CCC(c2ccc(=O)[nH]c2)C1)c1csc2ccccc12. The van der Waals surface area contributed by atoms with E-state index < -0.39 is 0 Å². The van der Waals surface area contributed by atoms with Gasteiger partial charge in [-0.15, -0.1) is 11.3 Å². The number of thiophene rings is 1. The van der Waals surface area contributed by atoms with Crippen LogP contribution >= 0.6 is 11.3 Å². The molecule has 1 aliphatic rings. The average molecular weight is 338 g/mol. The van der Waals surface area contributed by atoms with Crippen LogP contribution in [0.4, 0.5) is 0 Å². The molecule has 0 aliphatic heterocycles. The van der Waals surface area contributed by atoms with E-state index in [4.69, 9.17) is 0 Å². The van der Waals surface area contributed by atoms with Gasteiger partial charge >= 0.3 is 0 Å². The van der Waals surface area contributed by atoms with Crippen LogP contribution in [0.2, 0.25) is 0 Å². The van der Waals surface area contributed by atoms with E-state index in [1.165, 1.54) is 34.1 Å². The number of rotatable bonds is 4. The molecule has 2 N–H and O–H groups in total. The van der Waals surface area contributed by atoms with Crippen molar-refractivity contribution in [3.8, 4) is 0 Å². The fourth-order valence-electron chi connectivity index (χ4n) is 3.89. The summed E-state index contributed by atoms with van der Waals surface area (Å²) in [5.74, 6) is 0.547. The molecule has 124 valence electrons. The number of nitrogens with one attached hydrogen (secondary N) is 2. The van der Waals surface area contributed by atoms with Crippen LogP contribution in [0.1, 0.15) is 49.3 Å². The van der Waals surface area contributed by atoms with Crippen LogP contribution in [0.5, 0.6) is 0 Å². The molecule has 3 unspecified atom stereocenters. The zero-order chi connectivity index (χ0) is 16.5. The number of benzene rings is 1. The Kier molecular flexibility index (Phi) is 4.25. The van der Waals surface area contributed by atoms with Gasteiger partial charge in [0.15, 0.2) is 0 Å². The molecule has 3 nitrogen and oxygen atoms in total. The lowest BCUT2D eigenvalue weighted by Crippen LogP contribution is -2.29. The van der Waals surface area contributed by atoms with Gasteiger partial charge in [-0.1, -0.05) is 24.3 Å². The second-order valence-corrected chi connectivity index (χ2v) is 7.68. The first kappa shape index (κ1) is 15.6. The Morgan fingerprint density at radius 3 is 2.92 bits per heavy atom. The second kappa shape index (κ2) is 6.54. The summed E-state index contributed by atoms with van der Waals surface area (Å²) < 4.78 is 1.36. The zero-order valence-electron chi connectivity index (χ0n) is 13.8. The van der Waals surface area contributed by atoms with Crippen molar-refractivity contribution >= 4 is 21.4 Å². The van der Waals surface area contributed by atoms with Crippen molar-refractivity contribution in [2.75, 3.05) is 0 Å². The number of H-pyrrole nitrogens is 1. The maximum absolute atomic E-state index is 11.2. The minimum absolute atomic E-state index is 0.0237. The smallest absolute Gasteiger partial charge is 0.247 e. The van der Waals surface area contributed by atoms with E-state index in [0.29, 0.717) is 18.0 Å². The number of aromatic nitrogens is 1. The van der Waals surface area contributed by atoms with E-state index in [1.807, 2.05) is 23.6 Å². The Balaban J connectivity index is 1.44.